The number of aryl methyl sites for hydroxylation is 1. The first-order valence-electron chi connectivity index (χ1n) is 8.81. The van der Waals surface area contributed by atoms with Crippen molar-refractivity contribution in [2.45, 2.75) is 26.3 Å². The summed E-state index contributed by atoms with van der Waals surface area (Å²) in [6.07, 6.45) is 3.70. The van der Waals surface area contributed by atoms with Gasteiger partial charge in [0.25, 0.3) is 0 Å². The van der Waals surface area contributed by atoms with Crippen molar-refractivity contribution in [2.24, 2.45) is 4.99 Å². The van der Waals surface area contributed by atoms with E-state index in [-0.39, 0.29) is 5.82 Å². The summed E-state index contributed by atoms with van der Waals surface area (Å²) in [4.78, 5) is 4.50. The van der Waals surface area contributed by atoms with Crippen LogP contribution in [0.2, 0.25) is 0 Å². The molecule has 26 heavy (non-hydrogen) atoms. The Morgan fingerprint density at radius 2 is 2.08 bits per heavy atom. The maximum absolute atomic E-state index is 13.2. The number of pyridine rings is 1. The van der Waals surface area contributed by atoms with E-state index in [0.29, 0.717) is 6.54 Å². The number of rotatable bonds is 7. The summed E-state index contributed by atoms with van der Waals surface area (Å²) in [6.45, 7) is 3.98. The molecule has 2 aromatic heterocycles. The van der Waals surface area contributed by atoms with Crippen molar-refractivity contribution in [3.63, 3.8) is 0 Å². The van der Waals surface area contributed by atoms with Gasteiger partial charge in [0, 0.05) is 25.7 Å². The maximum atomic E-state index is 13.2. The van der Waals surface area contributed by atoms with E-state index in [4.69, 9.17) is 0 Å². The molecule has 3 aromatic rings. The molecule has 0 fully saturated rings. The molecule has 136 valence electrons. The van der Waals surface area contributed by atoms with Crippen molar-refractivity contribution in [3.8, 4) is 0 Å². The lowest BCUT2D eigenvalue weighted by atomic mass is 10.2. The molecule has 6 nitrogen and oxygen atoms in total. The summed E-state index contributed by atoms with van der Waals surface area (Å²) in [7, 11) is 0. The number of hydrogen-bond acceptors (Lipinski definition) is 3. The third kappa shape index (κ3) is 4.78. The van der Waals surface area contributed by atoms with Gasteiger partial charge in [-0.3, -0.25) is 4.40 Å². The molecule has 0 aliphatic rings. The highest BCUT2D eigenvalue weighted by Crippen LogP contribution is 2.06. The fourth-order valence-electron chi connectivity index (χ4n) is 2.66. The van der Waals surface area contributed by atoms with Gasteiger partial charge >= 0.3 is 0 Å². The smallest absolute Gasteiger partial charge is 0.191 e. The highest BCUT2D eigenvalue weighted by Gasteiger charge is 2.04. The molecular formula is C19H23FN6. The van der Waals surface area contributed by atoms with Gasteiger partial charge in [-0.15, -0.1) is 10.2 Å². The van der Waals surface area contributed by atoms with Gasteiger partial charge in [0.1, 0.15) is 11.6 Å². The van der Waals surface area contributed by atoms with Crippen LogP contribution >= 0.6 is 0 Å². The number of aliphatic imine (C=N–C) groups is 1. The van der Waals surface area contributed by atoms with E-state index in [0.717, 1.165) is 48.9 Å². The van der Waals surface area contributed by atoms with Crippen molar-refractivity contribution >= 4 is 11.6 Å². The summed E-state index contributed by atoms with van der Waals surface area (Å²) >= 11 is 0. The maximum Gasteiger partial charge on any atom is 0.191 e. The SMILES string of the molecule is CCNC(=NCc1cccc(F)c1)NCCCc1nnc2ccccn12. The Hall–Kier alpha value is -2.96. The Morgan fingerprint density at radius 3 is 2.92 bits per heavy atom. The standard InChI is InChI=1S/C19H23FN6/c1-2-21-19(23-14-15-7-5-8-16(20)13-15)22-11-6-10-18-25-24-17-9-3-4-12-26(17)18/h3-5,7-9,12-13H,2,6,10-11,14H2,1H3,(H2,21,22,23). The highest BCUT2D eigenvalue weighted by atomic mass is 19.1. The lowest BCUT2D eigenvalue weighted by molar-refractivity contribution is 0.625. The quantitative estimate of drug-likeness (QED) is 0.389. The van der Waals surface area contributed by atoms with Crippen molar-refractivity contribution < 1.29 is 4.39 Å². The average Bonchev–Trinajstić information content (AvgIpc) is 3.06. The number of guanidine groups is 1. The van der Waals surface area contributed by atoms with E-state index in [1.165, 1.54) is 12.1 Å². The summed E-state index contributed by atoms with van der Waals surface area (Å²) in [5.74, 6) is 1.43. The van der Waals surface area contributed by atoms with E-state index in [2.05, 4.69) is 25.8 Å². The molecule has 3 rings (SSSR count). The third-order valence-corrected chi connectivity index (χ3v) is 3.91. The van der Waals surface area contributed by atoms with Gasteiger partial charge < -0.3 is 10.6 Å². The first-order chi connectivity index (χ1) is 12.8. The zero-order valence-electron chi connectivity index (χ0n) is 14.8. The van der Waals surface area contributed by atoms with E-state index in [1.807, 2.05) is 41.8 Å². The molecule has 2 N–H and O–H groups in total. The predicted octanol–water partition coefficient (Wildman–Crippen LogP) is 2.56. The van der Waals surface area contributed by atoms with Gasteiger partial charge in [-0.05, 0) is 43.2 Å². The van der Waals surface area contributed by atoms with Crippen LogP contribution in [0, 0.1) is 5.82 Å². The van der Waals surface area contributed by atoms with Gasteiger partial charge in [0.15, 0.2) is 11.6 Å². The Labute approximate surface area is 152 Å². The van der Waals surface area contributed by atoms with E-state index in [9.17, 15) is 4.39 Å². The number of nitrogens with zero attached hydrogens (tertiary/aromatic N) is 4. The molecule has 0 aliphatic heterocycles. The molecule has 0 spiro atoms. The number of nitrogens with one attached hydrogen (secondary N) is 2. The fourth-order valence-corrected chi connectivity index (χ4v) is 2.66. The molecular weight excluding hydrogens is 331 g/mol. The molecule has 2 heterocycles. The van der Waals surface area contributed by atoms with Crippen molar-refractivity contribution in [1.82, 2.24) is 25.2 Å². The molecule has 1 aromatic carbocycles. The Balaban J connectivity index is 1.51. The second kappa shape index (κ2) is 8.94. The van der Waals surface area contributed by atoms with Crippen LogP contribution in [0.1, 0.15) is 24.7 Å². The number of aromatic nitrogens is 3. The second-order valence-electron chi connectivity index (χ2n) is 5.90. The Morgan fingerprint density at radius 1 is 1.15 bits per heavy atom. The monoisotopic (exact) mass is 354 g/mol. The lowest BCUT2D eigenvalue weighted by Gasteiger charge is -2.11. The molecule has 0 bridgehead atoms. The van der Waals surface area contributed by atoms with Gasteiger partial charge in [0.05, 0.1) is 6.54 Å². The zero-order chi connectivity index (χ0) is 18.2. The van der Waals surface area contributed by atoms with Gasteiger partial charge in [0.2, 0.25) is 0 Å². The highest BCUT2D eigenvalue weighted by molar-refractivity contribution is 5.79. The number of benzene rings is 1. The number of fused-ring (bicyclic) bond motifs is 1. The van der Waals surface area contributed by atoms with E-state index < -0.39 is 0 Å². The van der Waals surface area contributed by atoms with Crippen LogP contribution in [0.15, 0.2) is 53.7 Å². The molecule has 0 amide bonds. The zero-order valence-corrected chi connectivity index (χ0v) is 14.8. The van der Waals surface area contributed by atoms with Crippen LogP contribution in [0.5, 0.6) is 0 Å². The number of hydrogen-bond donors (Lipinski definition) is 2. The van der Waals surface area contributed by atoms with Crippen LogP contribution in [-0.2, 0) is 13.0 Å². The molecule has 0 radical (unpaired) electrons. The Bertz CT molecular complexity index is 873. The first-order valence-corrected chi connectivity index (χ1v) is 8.81. The van der Waals surface area contributed by atoms with Gasteiger partial charge in [-0.25, -0.2) is 9.38 Å². The summed E-state index contributed by atoms with van der Waals surface area (Å²) < 4.78 is 15.2. The summed E-state index contributed by atoms with van der Waals surface area (Å²) in [6, 6.07) is 12.4. The largest absolute Gasteiger partial charge is 0.357 e. The summed E-state index contributed by atoms with van der Waals surface area (Å²) in [5, 5.41) is 14.9. The minimum atomic E-state index is -0.240. The van der Waals surface area contributed by atoms with E-state index in [1.54, 1.807) is 6.07 Å². The van der Waals surface area contributed by atoms with E-state index >= 15 is 0 Å². The van der Waals surface area contributed by atoms with Gasteiger partial charge in [-0.2, -0.15) is 0 Å². The minimum Gasteiger partial charge on any atom is -0.357 e. The molecule has 0 aliphatic carbocycles. The fraction of sp³-hybridized carbons (Fsp3) is 0.316. The van der Waals surface area contributed by atoms with Gasteiger partial charge in [-0.1, -0.05) is 18.2 Å². The molecule has 0 atom stereocenters. The Kier molecular flexibility index (Phi) is 6.14. The van der Waals surface area contributed by atoms with Crippen molar-refractivity contribution in [2.75, 3.05) is 13.1 Å². The molecule has 0 unspecified atom stereocenters. The first kappa shape index (κ1) is 17.8. The van der Waals surface area contributed by atoms with Crippen molar-refractivity contribution in [1.29, 1.82) is 0 Å². The second-order valence-corrected chi connectivity index (χ2v) is 5.90. The van der Waals surface area contributed by atoms with Crippen LogP contribution in [0.25, 0.3) is 5.65 Å². The minimum absolute atomic E-state index is 0.240. The predicted molar refractivity (Wildman–Crippen MR) is 101 cm³/mol. The van der Waals surface area contributed by atoms with Crippen LogP contribution in [-0.4, -0.2) is 33.6 Å². The molecule has 0 saturated carbocycles. The van der Waals surface area contributed by atoms with Crippen LogP contribution in [0.4, 0.5) is 4.39 Å². The van der Waals surface area contributed by atoms with Crippen LogP contribution in [0.3, 0.4) is 0 Å². The molecule has 0 saturated heterocycles. The third-order valence-electron chi connectivity index (χ3n) is 3.91. The average molecular weight is 354 g/mol. The number of halogens is 1. The topological polar surface area (TPSA) is 66.6 Å². The summed E-state index contributed by atoms with van der Waals surface area (Å²) in [5.41, 5.74) is 1.71. The normalized spacial score (nSPS) is 11.7. The van der Waals surface area contributed by atoms with Crippen molar-refractivity contribution in [3.05, 3.63) is 65.9 Å². The lowest BCUT2D eigenvalue weighted by Crippen LogP contribution is -2.37. The molecule has 7 heteroatoms. The van der Waals surface area contributed by atoms with Crippen LogP contribution < -0.4 is 10.6 Å².